The molecule has 3 N–H and O–H groups in total. The quantitative estimate of drug-likeness (QED) is 0.419. The van der Waals surface area contributed by atoms with Crippen molar-refractivity contribution in [2.75, 3.05) is 5.75 Å². The highest BCUT2D eigenvalue weighted by atomic mass is 32.2. The Balaban J connectivity index is 2.20. The average Bonchev–Trinajstić information content (AvgIpc) is 2.20. The van der Waals surface area contributed by atoms with Crippen LogP contribution >= 0.6 is 11.8 Å². The molecular weight excluding hydrogens is 192 g/mol. The van der Waals surface area contributed by atoms with Gasteiger partial charge in [-0.25, -0.2) is 0 Å². The second kappa shape index (κ2) is 6.49. The zero-order valence-corrected chi connectivity index (χ0v) is 9.91. The van der Waals surface area contributed by atoms with Crippen LogP contribution in [-0.4, -0.2) is 17.0 Å². The molecule has 0 bridgehead atoms. The molecule has 14 heavy (non-hydrogen) atoms. The highest BCUT2D eigenvalue weighted by Crippen LogP contribution is 2.28. The van der Waals surface area contributed by atoms with Crippen LogP contribution in [0.25, 0.3) is 0 Å². The van der Waals surface area contributed by atoms with E-state index >= 15 is 0 Å². The minimum atomic E-state index is 0.280. The van der Waals surface area contributed by atoms with E-state index in [1.165, 1.54) is 32.1 Å². The van der Waals surface area contributed by atoms with Gasteiger partial charge in [0, 0.05) is 11.0 Å². The van der Waals surface area contributed by atoms with E-state index in [1.54, 1.807) is 0 Å². The van der Waals surface area contributed by atoms with E-state index in [-0.39, 0.29) is 6.04 Å². The number of nitrogens with one attached hydrogen (secondary N) is 1. The lowest BCUT2D eigenvalue weighted by molar-refractivity contribution is 0.515. The SMILES string of the molecule is C=C(C)C(CSC1CCCCC1)NN. The standard InChI is InChI=1S/C11H22N2S/c1-9(2)11(13-12)8-14-10-6-4-3-5-7-10/h10-11,13H,1,3-8,12H2,2H3. The van der Waals surface area contributed by atoms with E-state index in [4.69, 9.17) is 5.84 Å². The Morgan fingerprint density at radius 3 is 2.64 bits per heavy atom. The van der Waals surface area contributed by atoms with Crippen molar-refractivity contribution in [2.45, 2.75) is 50.3 Å². The Morgan fingerprint density at radius 2 is 2.14 bits per heavy atom. The van der Waals surface area contributed by atoms with Crippen LogP contribution in [-0.2, 0) is 0 Å². The lowest BCUT2D eigenvalue weighted by atomic mass is 10.0. The maximum atomic E-state index is 5.47. The van der Waals surface area contributed by atoms with Crippen LogP contribution in [0.15, 0.2) is 12.2 Å². The van der Waals surface area contributed by atoms with E-state index in [2.05, 4.69) is 23.8 Å². The van der Waals surface area contributed by atoms with Crippen molar-refractivity contribution in [1.82, 2.24) is 5.43 Å². The molecule has 1 rings (SSSR count). The first-order valence-electron chi connectivity index (χ1n) is 5.47. The van der Waals surface area contributed by atoms with Crippen molar-refractivity contribution >= 4 is 11.8 Å². The van der Waals surface area contributed by atoms with E-state index in [9.17, 15) is 0 Å². The maximum absolute atomic E-state index is 5.47. The summed E-state index contributed by atoms with van der Waals surface area (Å²) in [7, 11) is 0. The van der Waals surface area contributed by atoms with Gasteiger partial charge >= 0.3 is 0 Å². The lowest BCUT2D eigenvalue weighted by Gasteiger charge is -2.23. The molecule has 0 radical (unpaired) electrons. The normalized spacial score (nSPS) is 20.7. The van der Waals surface area contributed by atoms with E-state index in [0.29, 0.717) is 0 Å². The van der Waals surface area contributed by atoms with Crippen molar-refractivity contribution < 1.29 is 0 Å². The zero-order valence-electron chi connectivity index (χ0n) is 9.09. The third-order valence-corrected chi connectivity index (χ3v) is 4.32. The van der Waals surface area contributed by atoms with Crippen LogP contribution in [0.4, 0.5) is 0 Å². The fraction of sp³-hybridized carbons (Fsp3) is 0.818. The second-order valence-corrected chi connectivity index (χ2v) is 5.49. The summed E-state index contributed by atoms with van der Waals surface area (Å²) in [4.78, 5) is 0. The Labute approximate surface area is 91.7 Å². The van der Waals surface area contributed by atoms with Gasteiger partial charge in [0.25, 0.3) is 0 Å². The Hall–Kier alpha value is 0.01000. The molecule has 82 valence electrons. The summed E-state index contributed by atoms with van der Waals surface area (Å²) in [6, 6.07) is 0.280. The summed E-state index contributed by atoms with van der Waals surface area (Å²) in [6.07, 6.45) is 7.02. The molecule has 0 heterocycles. The van der Waals surface area contributed by atoms with E-state index in [0.717, 1.165) is 16.6 Å². The molecule has 1 aliphatic carbocycles. The van der Waals surface area contributed by atoms with Crippen molar-refractivity contribution in [2.24, 2.45) is 5.84 Å². The zero-order chi connectivity index (χ0) is 10.4. The number of hydrogen-bond donors (Lipinski definition) is 2. The molecule has 0 saturated heterocycles. The molecular formula is C11H22N2S. The molecule has 0 aromatic heterocycles. The molecule has 0 amide bonds. The Bertz CT molecular complexity index is 176. The molecule has 1 aliphatic rings. The Morgan fingerprint density at radius 1 is 1.50 bits per heavy atom. The minimum Gasteiger partial charge on any atom is -0.271 e. The summed E-state index contributed by atoms with van der Waals surface area (Å²) in [5.74, 6) is 6.53. The summed E-state index contributed by atoms with van der Waals surface area (Å²) < 4.78 is 0. The molecule has 3 heteroatoms. The summed E-state index contributed by atoms with van der Waals surface area (Å²) in [5.41, 5.74) is 3.96. The van der Waals surface area contributed by atoms with Gasteiger partial charge in [-0.15, -0.1) is 0 Å². The number of thioether (sulfide) groups is 1. The molecule has 1 unspecified atom stereocenters. The van der Waals surface area contributed by atoms with Crippen LogP contribution < -0.4 is 11.3 Å². The fourth-order valence-corrected chi connectivity index (χ4v) is 3.31. The van der Waals surface area contributed by atoms with Crippen LogP contribution in [0, 0.1) is 0 Å². The molecule has 0 aromatic rings. The van der Waals surface area contributed by atoms with E-state index in [1.807, 2.05) is 6.92 Å². The van der Waals surface area contributed by atoms with Gasteiger partial charge in [0.05, 0.1) is 6.04 Å². The molecule has 2 nitrogen and oxygen atoms in total. The Kier molecular flexibility index (Phi) is 5.60. The molecule has 1 fully saturated rings. The smallest absolute Gasteiger partial charge is 0.0505 e. The van der Waals surface area contributed by atoms with Crippen molar-refractivity contribution in [3.8, 4) is 0 Å². The van der Waals surface area contributed by atoms with Gasteiger partial charge in [-0.1, -0.05) is 31.4 Å². The third-order valence-electron chi connectivity index (χ3n) is 2.85. The molecule has 0 aromatic carbocycles. The maximum Gasteiger partial charge on any atom is 0.0505 e. The monoisotopic (exact) mass is 214 g/mol. The number of hydrazine groups is 1. The predicted molar refractivity (Wildman–Crippen MR) is 65.3 cm³/mol. The third kappa shape index (κ3) is 4.03. The first-order valence-corrected chi connectivity index (χ1v) is 6.52. The van der Waals surface area contributed by atoms with Gasteiger partial charge in [0.1, 0.15) is 0 Å². The van der Waals surface area contributed by atoms with Crippen LogP contribution in [0.5, 0.6) is 0 Å². The van der Waals surface area contributed by atoms with Gasteiger partial charge in [-0.2, -0.15) is 11.8 Å². The van der Waals surface area contributed by atoms with Crippen LogP contribution in [0.1, 0.15) is 39.0 Å². The van der Waals surface area contributed by atoms with Gasteiger partial charge in [0.2, 0.25) is 0 Å². The predicted octanol–water partition coefficient (Wildman–Crippen LogP) is 2.46. The number of nitrogens with two attached hydrogens (primary N) is 1. The molecule has 0 spiro atoms. The van der Waals surface area contributed by atoms with Crippen LogP contribution in [0.2, 0.25) is 0 Å². The molecule has 1 atom stereocenters. The van der Waals surface area contributed by atoms with Gasteiger partial charge in [0.15, 0.2) is 0 Å². The second-order valence-electron chi connectivity index (χ2n) is 4.16. The summed E-state index contributed by atoms with van der Waals surface area (Å²) >= 11 is 2.06. The van der Waals surface area contributed by atoms with Gasteiger partial charge < -0.3 is 0 Å². The van der Waals surface area contributed by atoms with Crippen molar-refractivity contribution in [3.05, 3.63) is 12.2 Å². The number of rotatable bonds is 5. The average molecular weight is 214 g/mol. The molecule has 0 aliphatic heterocycles. The fourth-order valence-electron chi connectivity index (χ4n) is 1.80. The highest BCUT2D eigenvalue weighted by molar-refractivity contribution is 7.99. The van der Waals surface area contributed by atoms with Crippen LogP contribution in [0.3, 0.4) is 0 Å². The van der Waals surface area contributed by atoms with E-state index < -0.39 is 0 Å². The van der Waals surface area contributed by atoms with Crippen molar-refractivity contribution in [3.63, 3.8) is 0 Å². The summed E-state index contributed by atoms with van der Waals surface area (Å²) in [5, 5.41) is 0.860. The lowest BCUT2D eigenvalue weighted by Crippen LogP contribution is -2.38. The first kappa shape index (κ1) is 12.1. The largest absolute Gasteiger partial charge is 0.271 e. The minimum absolute atomic E-state index is 0.280. The first-order chi connectivity index (χ1) is 6.74. The van der Waals surface area contributed by atoms with Gasteiger partial charge in [-0.3, -0.25) is 11.3 Å². The highest BCUT2D eigenvalue weighted by Gasteiger charge is 2.16. The topological polar surface area (TPSA) is 38.0 Å². The van der Waals surface area contributed by atoms with Gasteiger partial charge in [-0.05, 0) is 19.8 Å². The number of hydrogen-bond acceptors (Lipinski definition) is 3. The summed E-state index contributed by atoms with van der Waals surface area (Å²) in [6.45, 7) is 5.97. The molecule has 1 saturated carbocycles. The van der Waals surface area contributed by atoms with Crippen molar-refractivity contribution in [1.29, 1.82) is 0 Å².